The molecule has 2 rings (SSSR count). The molecule has 1 aromatic heterocycles. The lowest BCUT2D eigenvalue weighted by atomic mass is 9.91. The highest BCUT2D eigenvalue weighted by molar-refractivity contribution is 7.11. The maximum atomic E-state index is 12.5. The second-order valence-electron chi connectivity index (χ2n) is 5.48. The van der Waals surface area contributed by atoms with E-state index in [1.54, 1.807) is 20.8 Å². The van der Waals surface area contributed by atoms with Crippen LogP contribution in [0, 0.1) is 5.41 Å². The maximum Gasteiger partial charge on any atom is 0.338 e. The van der Waals surface area contributed by atoms with Gasteiger partial charge in [0, 0.05) is 4.88 Å². The Bertz CT molecular complexity index is 575. The molecule has 0 N–H and O–H groups in total. The van der Waals surface area contributed by atoms with Gasteiger partial charge in [-0.25, -0.2) is 4.79 Å². The number of nitrogens with zero attached hydrogens (tertiary/aromatic N) is 1. The summed E-state index contributed by atoms with van der Waals surface area (Å²) in [6, 6.07) is 3.70. The molecule has 0 saturated heterocycles. The van der Waals surface area contributed by atoms with E-state index in [4.69, 9.17) is 9.57 Å². The van der Waals surface area contributed by atoms with Crippen LogP contribution in [-0.2, 0) is 19.2 Å². The Morgan fingerprint density at radius 2 is 2.24 bits per heavy atom. The van der Waals surface area contributed by atoms with Crippen molar-refractivity contribution in [2.45, 2.75) is 34.1 Å². The van der Waals surface area contributed by atoms with Crippen molar-refractivity contribution >= 4 is 28.8 Å². The number of amides is 1. The number of allylic oxidation sites excluding steroid dienone is 1. The summed E-state index contributed by atoms with van der Waals surface area (Å²) in [5.41, 5.74) is -0.196. The normalized spacial score (nSPS) is 16.0. The molecule has 1 amide bonds. The monoisotopic (exact) mass is 309 g/mol. The van der Waals surface area contributed by atoms with Crippen molar-refractivity contribution < 1.29 is 19.2 Å². The molecule has 0 atom stereocenters. The largest absolute Gasteiger partial charge is 0.474 e. The average Bonchev–Trinajstić information content (AvgIpc) is 2.96. The van der Waals surface area contributed by atoms with Crippen molar-refractivity contribution in [1.29, 1.82) is 0 Å². The fraction of sp³-hybridized carbons (Fsp3) is 0.467. The molecule has 0 aromatic carbocycles. The van der Waals surface area contributed by atoms with Crippen LogP contribution >= 0.6 is 11.3 Å². The van der Waals surface area contributed by atoms with Crippen LogP contribution in [0.5, 0.6) is 0 Å². The SMILES string of the molecule is CCC(C)(C)C(=O)ON1COC(C)=C(c2cccs2)C1=O. The number of ether oxygens (including phenoxy) is 1. The third-order valence-electron chi connectivity index (χ3n) is 3.59. The van der Waals surface area contributed by atoms with Crippen LogP contribution in [0.15, 0.2) is 23.3 Å². The number of rotatable bonds is 4. The van der Waals surface area contributed by atoms with Crippen molar-refractivity contribution in [2.75, 3.05) is 6.73 Å². The lowest BCUT2D eigenvalue weighted by Gasteiger charge is -2.30. The van der Waals surface area contributed by atoms with Gasteiger partial charge in [-0.1, -0.05) is 13.0 Å². The minimum absolute atomic E-state index is 0.0783. The van der Waals surface area contributed by atoms with E-state index in [-0.39, 0.29) is 12.6 Å². The molecule has 0 spiro atoms. The Morgan fingerprint density at radius 3 is 2.81 bits per heavy atom. The van der Waals surface area contributed by atoms with Gasteiger partial charge in [0.05, 0.1) is 11.0 Å². The van der Waals surface area contributed by atoms with E-state index in [1.807, 2.05) is 24.4 Å². The second kappa shape index (κ2) is 5.89. The third-order valence-corrected chi connectivity index (χ3v) is 4.48. The lowest BCUT2D eigenvalue weighted by molar-refractivity contribution is -0.219. The molecule has 6 heteroatoms. The first-order chi connectivity index (χ1) is 9.86. The summed E-state index contributed by atoms with van der Waals surface area (Å²) in [5.74, 6) is -0.238. The zero-order valence-electron chi connectivity index (χ0n) is 12.6. The second-order valence-corrected chi connectivity index (χ2v) is 6.43. The summed E-state index contributed by atoms with van der Waals surface area (Å²) in [7, 11) is 0. The van der Waals surface area contributed by atoms with Crippen LogP contribution in [0.2, 0.25) is 0 Å². The molecular formula is C15H19NO4S. The Labute approximate surface area is 128 Å². The molecule has 1 aliphatic heterocycles. The van der Waals surface area contributed by atoms with Crippen molar-refractivity contribution in [2.24, 2.45) is 5.41 Å². The molecule has 114 valence electrons. The van der Waals surface area contributed by atoms with E-state index in [9.17, 15) is 9.59 Å². The van der Waals surface area contributed by atoms with Crippen LogP contribution in [-0.4, -0.2) is 23.7 Å². The topological polar surface area (TPSA) is 55.8 Å². The molecular weight excluding hydrogens is 290 g/mol. The number of thiophene rings is 1. The molecule has 0 bridgehead atoms. The predicted molar refractivity (Wildman–Crippen MR) is 79.9 cm³/mol. The molecule has 2 heterocycles. The van der Waals surface area contributed by atoms with E-state index in [1.165, 1.54) is 11.3 Å². The molecule has 0 saturated carbocycles. The number of carbonyl (C=O) groups is 2. The van der Waals surface area contributed by atoms with Gasteiger partial charge >= 0.3 is 5.97 Å². The molecule has 0 fully saturated rings. The summed E-state index contributed by atoms with van der Waals surface area (Å²) >= 11 is 1.44. The molecule has 1 aliphatic rings. The average molecular weight is 309 g/mol. The summed E-state index contributed by atoms with van der Waals surface area (Å²) in [4.78, 5) is 30.6. The van der Waals surface area contributed by atoms with Crippen LogP contribution in [0.3, 0.4) is 0 Å². The first-order valence-corrected chi connectivity index (χ1v) is 7.66. The molecule has 0 radical (unpaired) electrons. The number of carbonyl (C=O) groups excluding carboxylic acids is 2. The zero-order chi connectivity index (χ0) is 15.6. The number of hydrogen-bond donors (Lipinski definition) is 0. The smallest absolute Gasteiger partial charge is 0.338 e. The number of hydrogen-bond acceptors (Lipinski definition) is 5. The Kier molecular flexibility index (Phi) is 4.37. The van der Waals surface area contributed by atoms with E-state index < -0.39 is 11.4 Å². The van der Waals surface area contributed by atoms with Crippen LogP contribution < -0.4 is 0 Å². The van der Waals surface area contributed by atoms with Crippen molar-refractivity contribution in [3.05, 3.63) is 28.1 Å². The lowest BCUT2D eigenvalue weighted by Crippen LogP contribution is -2.42. The van der Waals surface area contributed by atoms with Gasteiger partial charge in [0.15, 0.2) is 6.73 Å². The fourth-order valence-corrected chi connectivity index (χ4v) is 2.51. The van der Waals surface area contributed by atoms with Gasteiger partial charge in [-0.15, -0.1) is 16.4 Å². The summed E-state index contributed by atoms with van der Waals surface area (Å²) in [6.45, 7) is 7.13. The standard InChI is InChI=1S/C15H19NO4S/c1-5-15(3,4)14(18)20-16-9-19-10(2)12(13(16)17)11-7-6-8-21-11/h6-8H,5,9H2,1-4H3. The van der Waals surface area contributed by atoms with Gasteiger partial charge in [0.25, 0.3) is 5.91 Å². The van der Waals surface area contributed by atoms with Crippen LogP contribution in [0.25, 0.3) is 5.57 Å². The fourth-order valence-electron chi connectivity index (χ4n) is 1.70. The first kappa shape index (κ1) is 15.6. The Morgan fingerprint density at radius 1 is 1.52 bits per heavy atom. The molecule has 0 aliphatic carbocycles. The van der Waals surface area contributed by atoms with E-state index in [0.29, 0.717) is 17.8 Å². The molecule has 21 heavy (non-hydrogen) atoms. The van der Waals surface area contributed by atoms with Gasteiger partial charge in [-0.2, -0.15) is 0 Å². The molecule has 1 aromatic rings. The third kappa shape index (κ3) is 3.10. The van der Waals surface area contributed by atoms with Crippen LogP contribution in [0.4, 0.5) is 0 Å². The molecule has 0 unspecified atom stereocenters. The first-order valence-electron chi connectivity index (χ1n) is 6.78. The van der Waals surface area contributed by atoms with E-state index in [0.717, 1.165) is 9.94 Å². The minimum atomic E-state index is -0.639. The number of hydroxylamine groups is 2. The van der Waals surface area contributed by atoms with Gasteiger partial charge in [-0.05, 0) is 38.6 Å². The zero-order valence-corrected chi connectivity index (χ0v) is 13.5. The highest BCUT2D eigenvalue weighted by Crippen LogP contribution is 2.30. The maximum absolute atomic E-state index is 12.5. The summed E-state index contributed by atoms with van der Waals surface area (Å²) in [6.07, 6.45) is 0.626. The highest BCUT2D eigenvalue weighted by atomic mass is 32.1. The van der Waals surface area contributed by atoms with E-state index >= 15 is 0 Å². The van der Waals surface area contributed by atoms with Gasteiger partial charge in [-0.3, -0.25) is 4.79 Å². The molecule has 5 nitrogen and oxygen atoms in total. The predicted octanol–water partition coefficient (Wildman–Crippen LogP) is 3.19. The van der Waals surface area contributed by atoms with Gasteiger partial charge in [0.1, 0.15) is 5.76 Å². The minimum Gasteiger partial charge on any atom is -0.474 e. The van der Waals surface area contributed by atoms with E-state index in [2.05, 4.69) is 0 Å². The summed E-state index contributed by atoms with van der Waals surface area (Å²) in [5, 5.41) is 2.87. The van der Waals surface area contributed by atoms with Gasteiger partial charge in [0.2, 0.25) is 0 Å². The van der Waals surface area contributed by atoms with Crippen LogP contribution in [0.1, 0.15) is 39.0 Å². The van der Waals surface area contributed by atoms with Gasteiger partial charge < -0.3 is 9.57 Å². The summed E-state index contributed by atoms with van der Waals surface area (Å²) < 4.78 is 5.46. The van der Waals surface area contributed by atoms with Crippen molar-refractivity contribution in [3.63, 3.8) is 0 Å². The van der Waals surface area contributed by atoms with Crippen molar-refractivity contribution in [1.82, 2.24) is 5.06 Å². The highest BCUT2D eigenvalue weighted by Gasteiger charge is 2.35. The Hall–Kier alpha value is -1.82. The Balaban J connectivity index is 2.19. The van der Waals surface area contributed by atoms with Crippen molar-refractivity contribution in [3.8, 4) is 0 Å². The quantitative estimate of drug-likeness (QED) is 0.857.